The Morgan fingerprint density at radius 2 is 2.09 bits per heavy atom. The molecule has 2 aliphatic rings. The van der Waals surface area contributed by atoms with E-state index in [0.29, 0.717) is 18.5 Å². The average Bonchev–Trinajstić information content (AvgIpc) is 2.55. The number of aryl methyl sites for hydroxylation is 1. The molecule has 1 atom stereocenters. The van der Waals surface area contributed by atoms with E-state index in [1.165, 1.54) is 0 Å². The number of aromatic nitrogens is 1. The van der Waals surface area contributed by atoms with Crippen LogP contribution in [0, 0.1) is 6.92 Å². The molecule has 1 aromatic heterocycles. The van der Waals surface area contributed by atoms with Gasteiger partial charge in [-0.05, 0) is 51.7 Å². The third-order valence-corrected chi connectivity index (χ3v) is 5.22. The van der Waals surface area contributed by atoms with E-state index in [-0.39, 0.29) is 17.4 Å². The van der Waals surface area contributed by atoms with Crippen molar-refractivity contribution in [2.45, 2.75) is 51.5 Å². The van der Waals surface area contributed by atoms with Gasteiger partial charge in [-0.2, -0.15) is 0 Å². The number of hydrogen-bond donors (Lipinski definition) is 0. The van der Waals surface area contributed by atoms with Gasteiger partial charge in [-0.1, -0.05) is 0 Å². The molecule has 2 saturated heterocycles. The quantitative estimate of drug-likeness (QED) is 0.842. The normalized spacial score (nSPS) is 25.0. The third kappa shape index (κ3) is 2.96. The molecular formula is C18H25N3O2. The van der Waals surface area contributed by atoms with Crippen molar-refractivity contribution >= 4 is 11.8 Å². The number of nitrogens with zero attached hydrogens (tertiary/aromatic N) is 3. The maximum atomic E-state index is 12.8. The van der Waals surface area contributed by atoms with Gasteiger partial charge in [0.2, 0.25) is 5.91 Å². The van der Waals surface area contributed by atoms with Crippen molar-refractivity contribution in [3.63, 3.8) is 0 Å². The van der Waals surface area contributed by atoms with Gasteiger partial charge >= 0.3 is 0 Å². The standard InChI is InChI=1S/C18H25N3O2/c1-3-21-16(22)6-4-9-18(21)10-5-11-20(13-18)17(23)15-8-7-14(2)19-12-15/h7-8,12H,3-6,9-11,13H2,1-2H3/t18-/m0/s1. The minimum atomic E-state index is -0.157. The van der Waals surface area contributed by atoms with E-state index in [0.717, 1.165) is 44.5 Å². The van der Waals surface area contributed by atoms with E-state index >= 15 is 0 Å². The molecule has 2 aliphatic heterocycles. The predicted molar refractivity (Wildman–Crippen MR) is 88.1 cm³/mol. The Balaban J connectivity index is 1.81. The van der Waals surface area contributed by atoms with E-state index in [1.54, 1.807) is 6.20 Å². The topological polar surface area (TPSA) is 53.5 Å². The van der Waals surface area contributed by atoms with Gasteiger partial charge in [-0.15, -0.1) is 0 Å². The molecule has 0 N–H and O–H groups in total. The largest absolute Gasteiger partial charge is 0.336 e. The molecule has 0 aromatic carbocycles. The van der Waals surface area contributed by atoms with Gasteiger partial charge < -0.3 is 9.80 Å². The fourth-order valence-electron chi connectivity index (χ4n) is 4.10. The van der Waals surface area contributed by atoms with Crippen LogP contribution in [0.25, 0.3) is 0 Å². The molecule has 23 heavy (non-hydrogen) atoms. The van der Waals surface area contributed by atoms with Gasteiger partial charge in [0.1, 0.15) is 0 Å². The average molecular weight is 315 g/mol. The molecule has 2 amide bonds. The van der Waals surface area contributed by atoms with Crippen LogP contribution in [0.4, 0.5) is 0 Å². The van der Waals surface area contributed by atoms with Gasteiger partial charge in [0.15, 0.2) is 0 Å². The Hall–Kier alpha value is -1.91. The number of pyridine rings is 1. The molecule has 3 heterocycles. The summed E-state index contributed by atoms with van der Waals surface area (Å²) in [7, 11) is 0. The van der Waals surface area contributed by atoms with Crippen LogP contribution >= 0.6 is 0 Å². The Kier molecular flexibility index (Phi) is 4.37. The van der Waals surface area contributed by atoms with Crippen molar-refractivity contribution in [2.75, 3.05) is 19.6 Å². The summed E-state index contributed by atoms with van der Waals surface area (Å²) in [5.74, 6) is 0.274. The summed E-state index contributed by atoms with van der Waals surface area (Å²) in [6.45, 7) is 6.10. The molecule has 0 unspecified atom stereocenters. The summed E-state index contributed by atoms with van der Waals surface area (Å²) < 4.78 is 0. The summed E-state index contributed by atoms with van der Waals surface area (Å²) in [6, 6.07) is 3.71. The first-order valence-electron chi connectivity index (χ1n) is 8.58. The predicted octanol–water partition coefficient (Wildman–Crippen LogP) is 2.40. The zero-order valence-electron chi connectivity index (χ0n) is 14.0. The number of hydrogen-bond acceptors (Lipinski definition) is 3. The van der Waals surface area contributed by atoms with Crippen LogP contribution < -0.4 is 0 Å². The minimum Gasteiger partial charge on any atom is -0.336 e. The first-order chi connectivity index (χ1) is 11.1. The van der Waals surface area contributed by atoms with E-state index in [2.05, 4.69) is 4.98 Å². The van der Waals surface area contributed by atoms with Crippen molar-refractivity contribution in [1.29, 1.82) is 0 Å². The first-order valence-corrected chi connectivity index (χ1v) is 8.58. The van der Waals surface area contributed by atoms with Gasteiger partial charge in [0.05, 0.1) is 11.1 Å². The van der Waals surface area contributed by atoms with Gasteiger partial charge in [0.25, 0.3) is 5.91 Å². The van der Waals surface area contributed by atoms with E-state index < -0.39 is 0 Å². The summed E-state index contributed by atoms with van der Waals surface area (Å²) in [5.41, 5.74) is 1.39. The lowest BCUT2D eigenvalue weighted by Crippen LogP contribution is -2.63. The van der Waals surface area contributed by atoms with E-state index in [9.17, 15) is 9.59 Å². The van der Waals surface area contributed by atoms with Crippen molar-refractivity contribution in [3.8, 4) is 0 Å². The van der Waals surface area contributed by atoms with E-state index in [1.807, 2.05) is 35.8 Å². The van der Waals surface area contributed by atoms with Crippen molar-refractivity contribution in [1.82, 2.24) is 14.8 Å². The van der Waals surface area contributed by atoms with Crippen LogP contribution in [-0.4, -0.2) is 51.8 Å². The number of carbonyl (C=O) groups is 2. The van der Waals surface area contributed by atoms with Gasteiger partial charge in [-0.3, -0.25) is 14.6 Å². The summed E-state index contributed by atoms with van der Waals surface area (Å²) >= 11 is 0. The first kappa shape index (κ1) is 16.0. The van der Waals surface area contributed by atoms with Crippen LogP contribution in [0.1, 0.15) is 55.1 Å². The van der Waals surface area contributed by atoms with Crippen molar-refractivity contribution in [2.24, 2.45) is 0 Å². The second-order valence-electron chi connectivity index (χ2n) is 6.73. The minimum absolute atomic E-state index is 0.0330. The lowest BCUT2D eigenvalue weighted by atomic mass is 9.79. The summed E-state index contributed by atoms with van der Waals surface area (Å²) in [5, 5.41) is 0. The number of carbonyl (C=O) groups excluding carboxylic acids is 2. The molecule has 5 nitrogen and oxygen atoms in total. The molecule has 1 spiro atoms. The third-order valence-electron chi connectivity index (χ3n) is 5.22. The SMILES string of the molecule is CCN1C(=O)CCC[C@@]12CCCN(C(=O)c1ccc(C)nc1)C2. The molecule has 0 radical (unpaired) electrons. The van der Waals surface area contributed by atoms with Gasteiger partial charge in [-0.25, -0.2) is 0 Å². The maximum Gasteiger partial charge on any atom is 0.255 e. The van der Waals surface area contributed by atoms with Crippen molar-refractivity contribution < 1.29 is 9.59 Å². The Morgan fingerprint density at radius 1 is 1.30 bits per heavy atom. The summed E-state index contributed by atoms with van der Waals surface area (Å²) in [4.78, 5) is 33.3. The maximum absolute atomic E-state index is 12.8. The molecule has 0 bridgehead atoms. The molecule has 2 fully saturated rings. The molecule has 3 rings (SSSR count). The molecule has 0 saturated carbocycles. The monoisotopic (exact) mass is 315 g/mol. The highest BCUT2D eigenvalue weighted by Crippen LogP contribution is 2.36. The lowest BCUT2D eigenvalue weighted by molar-refractivity contribution is -0.144. The number of amides is 2. The van der Waals surface area contributed by atoms with Crippen LogP contribution in [-0.2, 0) is 4.79 Å². The highest BCUT2D eigenvalue weighted by atomic mass is 16.2. The van der Waals surface area contributed by atoms with Gasteiger partial charge in [0, 0.05) is 37.9 Å². The lowest BCUT2D eigenvalue weighted by Gasteiger charge is -2.51. The Labute approximate surface area is 137 Å². The smallest absolute Gasteiger partial charge is 0.255 e. The molecule has 5 heteroatoms. The number of likely N-dealkylation sites (tertiary alicyclic amines) is 2. The second-order valence-corrected chi connectivity index (χ2v) is 6.73. The molecule has 124 valence electrons. The highest BCUT2D eigenvalue weighted by Gasteiger charge is 2.45. The zero-order chi connectivity index (χ0) is 16.4. The fourth-order valence-corrected chi connectivity index (χ4v) is 4.10. The number of rotatable bonds is 2. The summed E-state index contributed by atoms with van der Waals surface area (Å²) in [6.07, 6.45) is 6.19. The number of piperidine rings is 2. The van der Waals surface area contributed by atoms with Crippen LogP contribution in [0.3, 0.4) is 0 Å². The van der Waals surface area contributed by atoms with Crippen LogP contribution in [0.15, 0.2) is 18.3 Å². The number of likely N-dealkylation sites (N-methyl/N-ethyl adjacent to an activating group) is 1. The second kappa shape index (κ2) is 6.30. The highest BCUT2D eigenvalue weighted by molar-refractivity contribution is 5.94. The Bertz CT molecular complexity index is 595. The Morgan fingerprint density at radius 3 is 2.78 bits per heavy atom. The van der Waals surface area contributed by atoms with Crippen LogP contribution in [0.5, 0.6) is 0 Å². The van der Waals surface area contributed by atoms with Crippen molar-refractivity contribution in [3.05, 3.63) is 29.6 Å². The molecule has 1 aromatic rings. The molecular weight excluding hydrogens is 290 g/mol. The molecule has 0 aliphatic carbocycles. The fraction of sp³-hybridized carbons (Fsp3) is 0.611. The zero-order valence-corrected chi connectivity index (χ0v) is 14.0. The van der Waals surface area contributed by atoms with E-state index in [4.69, 9.17) is 0 Å². The van der Waals surface area contributed by atoms with Crippen LogP contribution in [0.2, 0.25) is 0 Å².